The molecule has 0 heterocycles. The van der Waals surface area contributed by atoms with Gasteiger partial charge in [-0.25, -0.2) is 5.43 Å². The van der Waals surface area contributed by atoms with Gasteiger partial charge in [0, 0.05) is 6.21 Å². The van der Waals surface area contributed by atoms with Gasteiger partial charge in [-0.3, -0.25) is 4.79 Å². The molecule has 4 rings (SSSR count). The number of amides is 1. The molecule has 136 valence electrons. The van der Waals surface area contributed by atoms with Gasteiger partial charge in [0.1, 0.15) is 4.33 Å². The molecule has 0 bridgehead atoms. The van der Waals surface area contributed by atoms with Crippen LogP contribution in [0, 0.1) is 0 Å². The molecule has 0 saturated heterocycles. The largest absolute Gasteiger partial charge is 0.273 e. The second kappa shape index (κ2) is 6.99. The lowest BCUT2D eigenvalue weighted by atomic mass is 9.97. The number of carbonyl (C=O) groups is 1. The SMILES string of the molecule is O=C(Cc1cccc2ccccc12)NN=CC1(c2ccccc2)CC1(Cl)Cl. The summed E-state index contributed by atoms with van der Waals surface area (Å²) in [5.74, 6) is -0.179. The van der Waals surface area contributed by atoms with E-state index in [0.717, 1.165) is 21.9 Å². The molecule has 1 amide bonds. The minimum Gasteiger partial charge on any atom is -0.273 e. The summed E-state index contributed by atoms with van der Waals surface area (Å²) < 4.78 is -0.905. The number of hydrazone groups is 1. The molecule has 1 N–H and O–H groups in total. The lowest BCUT2D eigenvalue weighted by molar-refractivity contribution is -0.120. The molecule has 1 aliphatic carbocycles. The molecule has 1 saturated carbocycles. The summed E-state index contributed by atoms with van der Waals surface area (Å²) in [7, 11) is 0. The van der Waals surface area contributed by atoms with Crippen LogP contribution < -0.4 is 5.43 Å². The van der Waals surface area contributed by atoms with Crippen molar-refractivity contribution in [3.05, 3.63) is 83.9 Å². The predicted molar refractivity (Wildman–Crippen MR) is 111 cm³/mol. The maximum atomic E-state index is 12.4. The Labute approximate surface area is 168 Å². The van der Waals surface area contributed by atoms with Gasteiger partial charge in [0.2, 0.25) is 5.91 Å². The van der Waals surface area contributed by atoms with Crippen molar-refractivity contribution >= 4 is 46.1 Å². The van der Waals surface area contributed by atoms with Gasteiger partial charge in [-0.15, -0.1) is 23.2 Å². The van der Waals surface area contributed by atoms with E-state index in [1.165, 1.54) is 0 Å². The fraction of sp³-hybridized carbons (Fsp3) is 0.182. The number of alkyl halides is 2. The Hall–Kier alpha value is -2.36. The molecule has 0 radical (unpaired) electrons. The molecule has 3 aromatic carbocycles. The van der Waals surface area contributed by atoms with E-state index >= 15 is 0 Å². The monoisotopic (exact) mass is 396 g/mol. The molecular formula is C22H18Cl2N2O. The van der Waals surface area contributed by atoms with Gasteiger partial charge in [-0.05, 0) is 28.3 Å². The van der Waals surface area contributed by atoms with Gasteiger partial charge >= 0.3 is 0 Å². The molecule has 5 heteroatoms. The first-order chi connectivity index (χ1) is 13.0. The van der Waals surface area contributed by atoms with Crippen molar-refractivity contribution in [1.29, 1.82) is 0 Å². The van der Waals surface area contributed by atoms with E-state index in [1.54, 1.807) is 6.21 Å². The van der Waals surface area contributed by atoms with Crippen molar-refractivity contribution in [3.8, 4) is 0 Å². The summed E-state index contributed by atoms with van der Waals surface area (Å²) in [6, 6.07) is 23.7. The number of nitrogens with one attached hydrogen (secondary N) is 1. The highest BCUT2D eigenvalue weighted by molar-refractivity contribution is 6.53. The maximum absolute atomic E-state index is 12.4. The number of hydrogen-bond acceptors (Lipinski definition) is 2. The van der Waals surface area contributed by atoms with E-state index in [9.17, 15) is 4.79 Å². The smallest absolute Gasteiger partial charge is 0.244 e. The third kappa shape index (κ3) is 3.45. The molecule has 0 aromatic heterocycles. The minimum absolute atomic E-state index is 0.179. The van der Waals surface area contributed by atoms with E-state index in [1.807, 2.05) is 72.8 Å². The molecule has 1 aliphatic rings. The van der Waals surface area contributed by atoms with Gasteiger partial charge in [-0.2, -0.15) is 5.10 Å². The van der Waals surface area contributed by atoms with Crippen LogP contribution in [0.4, 0.5) is 0 Å². The average Bonchev–Trinajstić information content (AvgIpc) is 3.25. The summed E-state index contributed by atoms with van der Waals surface area (Å²) in [6.07, 6.45) is 2.48. The van der Waals surface area contributed by atoms with Crippen LogP contribution in [0.15, 0.2) is 77.9 Å². The number of halogens is 2. The Morgan fingerprint density at radius 2 is 1.67 bits per heavy atom. The summed E-state index contributed by atoms with van der Waals surface area (Å²) in [4.78, 5) is 12.4. The molecule has 1 unspecified atom stereocenters. The molecule has 1 fully saturated rings. The highest BCUT2D eigenvalue weighted by Gasteiger charge is 2.66. The van der Waals surface area contributed by atoms with Crippen molar-refractivity contribution in [1.82, 2.24) is 5.43 Å². The van der Waals surface area contributed by atoms with Crippen LogP contribution in [0.3, 0.4) is 0 Å². The first-order valence-corrected chi connectivity index (χ1v) is 9.50. The van der Waals surface area contributed by atoms with E-state index in [0.29, 0.717) is 6.42 Å². The van der Waals surface area contributed by atoms with Crippen LogP contribution in [-0.2, 0) is 16.6 Å². The van der Waals surface area contributed by atoms with E-state index in [2.05, 4.69) is 10.5 Å². The molecule has 0 spiro atoms. The quantitative estimate of drug-likeness (QED) is 0.368. The van der Waals surface area contributed by atoms with Crippen LogP contribution >= 0.6 is 23.2 Å². The fourth-order valence-electron chi connectivity index (χ4n) is 3.44. The van der Waals surface area contributed by atoms with Gasteiger partial charge in [0.25, 0.3) is 0 Å². The van der Waals surface area contributed by atoms with Crippen molar-refractivity contribution in [3.63, 3.8) is 0 Å². The second-order valence-corrected chi connectivity index (χ2v) is 8.31. The Kier molecular flexibility index (Phi) is 4.67. The summed E-state index contributed by atoms with van der Waals surface area (Å²) in [5, 5.41) is 6.34. The third-order valence-electron chi connectivity index (χ3n) is 5.02. The lowest BCUT2D eigenvalue weighted by Crippen LogP contribution is -2.23. The summed E-state index contributed by atoms with van der Waals surface area (Å²) in [6.45, 7) is 0. The fourth-order valence-corrected chi connectivity index (χ4v) is 4.18. The predicted octanol–water partition coefficient (Wildman–Crippen LogP) is 5.00. The van der Waals surface area contributed by atoms with E-state index in [4.69, 9.17) is 23.2 Å². The number of hydrogen-bond donors (Lipinski definition) is 1. The van der Waals surface area contributed by atoms with Gasteiger partial charge in [0.05, 0.1) is 11.8 Å². The van der Waals surface area contributed by atoms with Crippen molar-refractivity contribution < 1.29 is 4.79 Å². The number of nitrogens with zero attached hydrogens (tertiary/aromatic N) is 1. The van der Waals surface area contributed by atoms with Crippen molar-refractivity contribution in [2.24, 2.45) is 5.10 Å². The van der Waals surface area contributed by atoms with Crippen molar-refractivity contribution in [2.45, 2.75) is 22.6 Å². The van der Waals surface area contributed by atoms with Crippen LogP contribution in [0.1, 0.15) is 17.5 Å². The zero-order chi connectivity index (χ0) is 18.9. The topological polar surface area (TPSA) is 41.5 Å². The Bertz CT molecular complexity index is 1010. The lowest BCUT2D eigenvalue weighted by Gasteiger charge is -2.13. The number of rotatable bonds is 5. The molecule has 27 heavy (non-hydrogen) atoms. The van der Waals surface area contributed by atoms with Crippen LogP contribution in [0.5, 0.6) is 0 Å². The molecular weight excluding hydrogens is 379 g/mol. The average molecular weight is 397 g/mol. The Morgan fingerprint density at radius 1 is 1.00 bits per heavy atom. The summed E-state index contributed by atoms with van der Waals surface area (Å²) >= 11 is 12.7. The highest BCUT2D eigenvalue weighted by atomic mass is 35.5. The summed E-state index contributed by atoms with van der Waals surface area (Å²) in [5.41, 5.74) is 4.00. The van der Waals surface area contributed by atoms with Gasteiger partial charge in [-0.1, -0.05) is 72.8 Å². The Balaban J connectivity index is 1.47. The normalized spacial score (nSPS) is 20.7. The number of benzene rings is 3. The number of carbonyl (C=O) groups excluding carboxylic acids is 1. The van der Waals surface area contributed by atoms with E-state index in [-0.39, 0.29) is 12.3 Å². The van der Waals surface area contributed by atoms with E-state index < -0.39 is 9.75 Å². The molecule has 0 aliphatic heterocycles. The molecule has 1 atom stereocenters. The van der Waals surface area contributed by atoms with Crippen LogP contribution in [-0.4, -0.2) is 16.5 Å². The van der Waals surface area contributed by atoms with Crippen molar-refractivity contribution in [2.75, 3.05) is 0 Å². The van der Waals surface area contributed by atoms with Gasteiger partial charge in [0.15, 0.2) is 0 Å². The first kappa shape index (κ1) is 18.0. The van der Waals surface area contributed by atoms with Gasteiger partial charge < -0.3 is 0 Å². The third-order valence-corrected chi connectivity index (χ3v) is 5.96. The van der Waals surface area contributed by atoms with Crippen LogP contribution in [0.25, 0.3) is 10.8 Å². The zero-order valence-corrected chi connectivity index (χ0v) is 16.0. The first-order valence-electron chi connectivity index (χ1n) is 8.75. The van der Waals surface area contributed by atoms with Crippen LogP contribution in [0.2, 0.25) is 0 Å². The molecule has 3 nitrogen and oxygen atoms in total. The number of fused-ring (bicyclic) bond motifs is 1. The standard InChI is InChI=1S/C22H18Cl2N2O/c23-22(24)14-21(22,18-10-2-1-3-11-18)15-25-26-20(27)13-17-9-6-8-16-7-4-5-12-19(16)17/h1-12,15H,13-14H2,(H,26,27). The second-order valence-electron chi connectivity index (χ2n) is 6.83. The molecule has 3 aromatic rings. The highest BCUT2D eigenvalue weighted by Crippen LogP contribution is 2.63. The minimum atomic E-state index is -0.905. The maximum Gasteiger partial charge on any atom is 0.244 e. The zero-order valence-electron chi connectivity index (χ0n) is 14.5. The Morgan fingerprint density at radius 3 is 2.41 bits per heavy atom.